The average molecular weight is 386 g/mol. The molecular formula is C22H30N2O4. The summed E-state index contributed by atoms with van der Waals surface area (Å²) in [6.07, 6.45) is 5.14. The Balaban J connectivity index is 1.37. The molecule has 6 nitrogen and oxygen atoms in total. The Labute approximate surface area is 166 Å². The van der Waals surface area contributed by atoms with Crippen molar-refractivity contribution >= 4 is 11.8 Å². The first-order chi connectivity index (χ1) is 13.6. The van der Waals surface area contributed by atoms with Gasteiger partial charge < -0.3 is 19.3 Å². The highest BCUT2D eigenvalue weighted by Crippen LogP contribution is 2.38. The number of piperidine rings is 3. The molecule has 2 amide bonds. The van der Waals surface area contributed by atoms with Gasteiger partial charge in [-0.15, -0.1) is 0 Å². The molecule has 0 N–H and O–H groups in total. The fourth-order valence-electron chi connectivity index (χ4n) is 5.26. The molecule has 4 rings (SSSR count). The summed E-state index contributed by atoms with van der Waals surface area (Å²) in [7, 11) is 3.24. The number of nitrogens with zero attached hydrogens (tertiary/aromatic N) is 2. The lowest BCUT2D eigenvalue weighted by Gasteiger charge is -2.52. The van der Waals surface area contributed by atoms with Crippen LogP contribution in [0.4, 0.5) is 0 Å². The Morgan fingerprint density at radius 3 is 2.75 bits per heavy atom. The predicted octanol–water partition coefficient (Wildman–Crippen LogP) is 2.50. The van der Waals surface area contributed by atoms with Crippen LogP contribution in [0, 0.1) is 11.8 Å². The predicted molar refractivity (Wildman–Crippen MR) is 105 cm³/mol. The number of hydrogen-bond donors (Lipinski definition) is 0. The molecule has 1 aromatic rings. The SMILES string of the molecule is COc1ccc(CCC(=O)N2C[C@H]3C[C@@H](C2)[C@@H]2CCCC(=O)N2C3)cc1OC. The first-order valence-electron chi connectivity index (χ1n) is 10.4. The van der Waals surface area contributed by atoms with Crippen molar-refractivity contribution in [2.45, 2.75) is 44.6 Å². The summed E-state index contributed by atoms with van der Waals surface area (Å²) >= 11 is 0. The summed E-state index contributed by atoms with van der Waals surface area (Å²) in [5.41, 5.74) is 1.08. The number of aryl methyl sites for hydroxylation is 1. The first-order valence-corrected chi connectivity index (χ1v) is 10.4. The lowest BCUT2D eigenvalue weighted by molar-refractivity contribution is -0.148. The largest absolute Gasteiger partial charge is 0.493 e. The molecule has 3 saturated heterocycles. The lowest BCUT2D eigenvalue weighted by atomic mass is 9.76. The van der Waals surface area contributed by atoms with Gasteiger partial charge in [0.25, 0.3) is 0 Å². The average Bonchev–Trinajstić information content (AvgIpc) is 2.72. The van der Waals surface area contributed by atoms with Gasteiger partial charge in [0.15, 0.2) is 11.5 Å². The Bertz CT molecular complexity index is 750. The van der Waals surface area contributed by atoms with Crippen molar-refractivity contribution in [2.75, 3.05) is 33.9 Å². The zero-order valence-electron chi connectivity index (χ0n) is 16.9. The third kappa shape index (κ3) is 3.69. The van der Waals surface area contributed by atoms with Crippen LogP contribution in [-0.2, 0) is 16.0 Å². The molecule has 0 saturated carbocycles. The Hall–Kier alpha value is -2.24. The second-order valence-corrected chi connectivity index (χ2v) is 8.36. The van der Waals surface area contributed by atoms with E-state index in [9.17, 15) is 9.59 Å². The Morgan fingerprint density at radius 2 is 1.96 bits per heavy atom. The maximum absolute atomic E-state index is 12.9. The van der Waals surface area contributed by atoms with Crippen molar-refractivity contribution in [3.8, 4) is 11.5 Å². The normalized spacial score (nSPS) is 26.6. The van der Waals surface area contributed by atoms with Crippen LogP contribution in [0.15, 0.2) is 18.2 Å². The van der Waals surface area contributed by atoms with E-state index in [1.54, 1.807) is 14.2 Å². The summed E-state index contributed by atoms with van der Waals surface area (Å²) in [5.74, 6) is 2.82. The minimum Gasteiger partial charge on any atom is -0.493 e. The molecule has 3 atom stereocenters. The molecule has 28 heavy (non-hydrogen) atoms. The van der Waals surface area contributed by atoms with Crippen LogP contribution < -0.4 is 9.47 Å². The van der Waals surface area contributed by atoms with Gasteiger partial charge in [-0.1, -0.05) is 6.07 Å². The van der Waals surface area contributed by atoms with Crippen LogP contribution in [0.1, 0.15) is 37.7 Å². The molecular weight excluding hydrogens is 356 g/mol. The van der Waals surface area contributed by atoms with Crippen molar-refractivity contribution in [3.63, 3.8) is 0 Å². The molecule has 6 heteroatoms. The highest BCUT2D eigenvalue weighted by Gasteiger charge is 2.44. The molecule has 3 fully saturated rings. The van der Waals surface area contributed by atoms with Crippen LogP contribution in [0.25, 0.3) is 0 Å². The van der Waals surface area contributed by atoms with Gasteiger partial charge in [0.1, 0.15) is 0 Å². The summed E-state index contributed by atoms with van der Waals surface area (Å²) < 4.78 is 10.6. The van der Waals surface area contributed by atoms with Gasteiger partial charge in [-0.05, 0) is 55.2 Å². The smallest absolute Gasteiger partial charge is 0.222 e. The maximum Gasteiger partial charge on any atom is 0.222 e. The Morgan fingerprint density at radius 1 is 1.14 bits per heavy atom. The van der Waals surface area contributed by atoms with Crippen molar-refractivity contribution in [3.05, 3.63) is 23.8 Å². The summed E-state index contributed by atoms with van der Waals surface area (Å²) in [6.45, 7) is 2.42. The van der Waals surface area contributed by atoms with Crippen molar-refractivity contribution in [1.82, 2.24) is 9.80 Å². The third-order valence-electron chi connectivity index (χ3n) is 6.61. The van der Waals surface area contributed by atoms with E-state index in [2.05, 4.69) is 9.80 Å². The van der Waals surface area contributed by atoms with Gasteiger partial charge in [0.05, 0.1) is 14.2 Å². The van der Waals surface area contributed by atoms with Crippen molar-refractivity contribution < 1.29 is 19.1 Å². The van der Waals surface area contributed by atoms with Gasteiger partial charge in [-0.25, -0.2) is 0 Å². The highest BCUT2D eigenvalue weighted by molar-refractivity contribution is 5.78. The van der Waals surface area contributed by atoms with Crippen LogP contribution in [0.2, 0.25) is 0 Å². The van der Waals surface area contributed by atoms with Gasteiger partial charge in [-0.3, -0.25) is 9.59 Å². The number of rotatable bonds is 5. The molecule has 1 aromatic carbocycles. The van der Waals surface area contributed by atoms with E-state index in [4.69, 9.17) is 9.47 Å². The quantitative estimate of drug-likeness (QED) is 0.780. The van der Waals surface area contributed by atoms with E-state index in [1.165, 1.54) is 0 Å². The topological polar surface area (TPSA) is 59.1 Å². The lowest BCUT2D eigenvalue weighted by Crippen LogP contribution is -2.61. The number of fused-ring (bicyclic) bond motifs is 4. The monoisotopic (exact) mass is 386 g/mol. The number of benzene rings is 1. The van der Waals surface area contributed by atoms with E-state index in [1.807, 2.05) is 18.2 Å². The molecule has 3 aliphatic heterocycles. The molecule has 0 unspecified atom stereocenters. The molecule has 0 radical (unpaired) electrons. The third-order valence-corrected chi connectivity index (χ3v) is 6.61. The number of carbonyl (C=O) groups is 2. The number of methoxy groups -OCH3 is 2. The fraction of sp³-hybridized carbons (Fsp3) is 0.636. The molecule has 152 valence electrons. The van der Waals surface area contributed by atoms with Crippen LogP contribution in [-0.4, -0.2) is 61.5 Å². The summed E-state index contributed by atoms with van der Waals surface area (Å²) in [4.78, 5) is 29.3. The van der Waals surface area contributed by atoms with E-state index in [-0.39, 0.29) is 5.91 Å². The number of ether oxygens (including phenoxy) is 2. The van der Waals surface area contributed by atoms with Crippen LogP contribution in [0.3, 0.4) is 0 Å². The summed E-state index contributed by atoms with van der Waals surface area (Å²) in [6, 6.07) is 6.17. The molecule has 2 bridgehead atoms. The molecule has 0 spiro atoms. The standard InChI is InChI=1S/C22H30N2O4/c1-27-19-8-6-15(11-20(19)28-2)7-9-21(25)23-12-16-10-17(14-23)18-4-3-5-22(26)24(18)13-16/h6,8,11,16-18H,3-5,7,9-10,12-14H2,1-2H3/t16-,17+,18+/m1/s1. The fourth-order valence-corrected chi connectivity index (χ4v) is 5.26. The first kappa shape index (κ1) is 19.1. The molecule has 0 aromatic heterocycles. The van der Waals surface area contributed by atoms with Crippen LogP contribution in [0.5, 0.6) is 11.5 Å². The zero-order valence-corrected chi connectivity index (χ0v) is 16.9. The number of carbonyl (C=O) groups excluding carboxylic acids is 2. The number of hydrogen-bond acceptors (Lipinski definition) is 4. The van der Waals surface area contributed by atoms with Gasteiger partial charge in [0.2, 0.25) is 11.8 Å². The highest BCUT2D eigenvalue weighted by atomic mass is 16.5. The van der Waals surface area contributed by atoms with Gasteiger partial charge in [0, 0.05) is 38.5 Å². The minimum absolute atomic E-state index is 0.222. The second-order valence-electron chi connectivity index (χ2n) is 8.36. The van der Waals surface area contributed by atoms with Crippen LogP contribution >= 0.6 is 0 Å². The number of amides is 2. The van der Waals surface area contributed by atoms with Crippen molar-refractivity contribution in [2.24, 2.45) is 11.8 Å². The second kappa shape index (κ2) is 8.02. The van der Waals surface area contributed by atoms with Crippen molar-refractivity contribution in [1.29, 1.82) is 0 Å². The van der Waals surface area contributed by atoms with Gasteiger partial charge >= 0.3 is 0 Å². The summed E-state index contributed by atoms with van der Waals surface area (Å²) in [5, 5.41) is 0. The molecule has 0 aliphatic carbocycles. The van der Waals surface area contributed by atoms with E-state index in [0.29, 0.717) is 54.5 Å². The Kier molecular flexibility index (Phi) is 5.47. The van der Waals surface area contributed by atoms with Gasteiger partial charge in [-0.2, -0.15) is 0 Å². The molecule has 3 heterocycles. The van der Waals surface area contributed by atoms with E-state index in [0.717, 1.165) is 44.5 Å². The minimum atomic E-state index is 0.222. The molecule has 3 aliphatic rings. The number of likely N-dealkylation sites (tertiary alicyclic amines) is 1. The van der Waals surface area contributed by atoms with E-state index < -0.39 is 0 Å². The maximum atomic E-state index is 12.9. The zero-order chi connectivity index (χ0) is 19.7. The van der Waals surface area contributed by atoms with E-state index >= 15 is 0 Å².